The molecule has 22 heavy (non-hydrogen) atoms. The van der Waals surface area contributed by atoms with Gasteiger partial charge < -0.3 is 24.0 Å². The molecule has 0 radical (unpaired) electrons. The van der Waals surface area contributed by atoms with Gasteiger partial charge in [-0.2, -0.15) is 0 Å². The van der Waals surface area contributed by atoms with E-state index >= 15 is 0 Å². The summed E-state index contributed by atoms with van der Waals surface area (Å²) in [6.45, 7) is 13.5. The number of hydrogen-bond donors (Lipinski definition) is 2. The number of aliphatic hydroxyl groups excluding tert-OH is 1. The normalized spacial score (nSPS) is 13.0. The molecule has 0 rings (SSSR count). The topological polar surface area (TPSA) is 77.0 Å². The molecule has 130 valence electrons. The lowest BCUT2D eigenvalue weighted by molar-refractivity contribution is -0.141. The molecule has 0 bridgehead atoms. The molecule has 0 spiro atoms. The molecule has 0 aliphatic carbocycles. The van der Waals surface area contributed by atoms with E-state index in [1.165, 1.54) is 0 Å². The molecule has 0 heterocycles. The lowest BCUT2D eigenvalue weighted by atomic mass is 10.3. The third-order valence-electron chi connectivity index (χ3n) is 3.02. The van der Waals surface area contributed by atoms with Crippen LogP contribution in [0.2, 0.25) is 12.6 Å². The molecule has 0 aliphatic heterocycles. The minimum absolute atomic E-state index is 0.0248. The van der Waals surface area contributed by atoms with E-state index in [-0.39, 0.29) is 6.61 Å². The maximum absolute atomic E-state index is 11.2. The molecule has 0 aromatic heterocycles. The van der Waals surface area contributed by atoms with Crippen molar-refractivity contribution in [1.82, 2.24) is 5.32 Å². The van der Waals surface area contributed by atoms with Gasteiger partial charge in [0.15, 0.2) is 0 Å². The fourth-order valence-electron chi connectivity index (χ4n) is 1.95. The molecule has 0 aromatic rings. The molecular weight excluding hydrogens is 302 g/mol. The lowest BCUT2D eigenvalue weighted by Crippen LogP contribution is -2.39. The molecule has 0 aromatic carbocycles. The quantitative estimate of drug-likeness (QED) is 0.231. The average Bonchev–Trinajstić information content (AvgIpc) is 2.44. The van der Waals surface area contributed by atoms with E-state index in [0.29, 0.717) is 25.3 Å². The highest BCUT2D eigenvalue weighted by Crippen LogP contribution is 2.15. The fourth-order valence-corrected chi connectivity index (χ4v) is 4.37. The van der Waals surface area contributed by atoms with Gasteiger partial charge in [0.2, 0.25) is 0 Å². The van der Waals surface area contributed by atoms with Crippen molar-refractivity contribution in [2.24, 2.45) is 0 Å². The van der Waals surface area contributed by atoms with Crippen LogP contribution in [0.25, 0.3) is 0 Å². The van der Waals surface area contributed by atoms with Gasteiger partial charge in [-0.3, -0.25) is 0 Å². The Bertz CT molecular complexity index is 332. The van der Waals surface area contributed by atoms with Crippen LogP contribution in [0.15, 0.2) is 12.2 Å². The van der Waals surface area contributed by atoms with Gasteiger partial charge in [-0.15, -0.1) is 0 Å². The van der Waals surface area contributed by atoms with Gasteiger partial charge in [0.05, 0.1) is 0 Å². The average molecular weight is 334 g/mol. The summed E-state index contributed by atoms with van der Waals surface area (Å²) in [7, 11) is -2.05. The van der Waals surface area contributed by atoms with Crippen molar-refractivity contribution in [3.8, 4) is 0 Å². The minimum atomic E-state index is -2.05. The van der Waals surface area contributed by atoms with E-state index in [2.05, 4.69) is 18.4 Å². The predicted molar refractivity (Wildman–Crippen MR) is 88.9 cm³/mol. The molecular formula is C15H31NO5Si. The van der Waals surface area contributed by atoms with Crippen LogP contribution >= 0.6 is 0 Å². The van der Waals surface area contributed by atoms with E-state index in [4.69, 9.17) is 13.6 Å². The zero-order valence-electron chi connectivity index (χ0n) is 14.3. The van der Waals surface area contributed by atoms with Gasteiger partial charge in [0.25, 0.3) is 0 Å². The molecule has 1 unspecified atom stereocenters. The van der Waals surface area contributed by atoms with Crippen molar-refractivity contribution in [3.05, 3.63) is 12.2 Å². The Morgan fingerprint density at radius 1 is 1.32 bits per heavy atom. The Morgan fingerprint density at radius 3 is 2.41 bits per heavy atom. The van der Waals surface area contributed by atoms with Gasteiger partial charge in [-0.05, 0) is 46.3 Å². The summed E-state index contributed by atoms with van der Waals surface area (Å²) in [4.78, 5) is 11.2. The van der Waals surface area contributed by atoms with E-state index in [0.717, 1.165) is 19.0 Å². The van der Waals surface area contributed by atoms with Gasteiger partial charge in [-0.1, -0.05) is 6.58 Å². The summed E-state index contributed by atoms with van der Waals surface area (Å²) in [5.74, 6) is -0.478. The van der Waals surface area contributed by atoms with Crippen molar-refractivity contribution >= 4 is 14.5 Å². The van der Waals surface area contributed by atoms with Crippen LogP contribution in [-0.2, 0) is 18.4 Å². The van der Waals surface area contributed by atoms with E-state index < -0.39 is 20.6 Å². The van der Waals surface area contributed by atoms with Crippen LogP contribution in [0.4, 0.5) is 0 Å². The number of rotatable bonds is 13. The second kappa shape index (κ2) is 11.8. The number of aliphatic hydroxyl groups is 1. The summed E-state index contributed by atoms with van der Waals surface area (Å²) < 4.78 is 16.4. The monoisotopic (exact) mass is 333 g/mol. The van der Waals surface area contributed by atoms with Gasteiger partial charge in [-0.25, -0.2) is 4.79 Å². The van der Waals surface area contributed by atoms with Crippen molar-refractivity contribution < 1.29 is 23.5 Å². The first-order valence-corrected chi connectivity index (χ1v) is 10.4. The molecule has 0 saturated carbocycles. The SMILES string of the molecule is C=C(C)C(=O)OCC(O)CNCCC[Si](C)(OCC)OCC. The van der Waals surface area contributed by atoms with Crippen LogP contribution in [0, 0.1) is 0 Å². The summed E-state index contributed by atoms with van der Waals surface area (Å²) >= 11 is 0. The maximum Gasteiger partial charge on any atom is 0.334 e. The van der Waals surface area contributed by atoms with Crippen molar-refractivity contribution in [1.29, 1.82) is 0 Å². The molecule has 6 nitrogen and oxygen atoms in total. The zero-order chi connectivity index (χ0) is 17.0. The van der Waals surface area contributed by atoms with Crippen molar-refractivity contribution in [3.63, 3.8) is 0 Å². The molecule has 0 aliphatic rings. The highest BCUT2D eigenvalue weighted by molar-refractivity contribution is 6.66. The van der Waals surface area contributed by atoms with Crippen LogP contribution in [0.3, 0.4) is 0 Å². The molecule has 0 saturated heterocycles. The van der Waals surface area contributed by atoms with Crippen LogP contribution in [0.5, 0.6) is 0 Å². The summed E-state index contributed by atoms with van der Waals surface area (Å²) in [6.07, 6.45) is 0.201. The number of hydrogen-bond acceptors (Lipinski definition) is 6. The second-order valence-corrected chi connectivity index (χ2v) is 8.69. The minimum Gasteiger partial charge on any atom is -0.460 e. The molecule has 7 heteroatoms. The second-order valence-electron chi connectivity index (χ2n) is 5.34. The number of ether oxygens (including phenoxy) is 1. The van der Waals surface area contributed by atoms with Crippen LogP contribution in [-0.4, -0.2) is 58.7 Å². The van der Waals surface area contributed by atoms with Crippen molar-refractivity contribution in [2.75, 3.05) is 32.9 Å². The van der Waals surface area contributed by atoms with Crippen molar-refractivity contribution in [2.45, 2.75) is 45.9 Å². The van der Waals surface area contributed by atoms with Gasteiger partial charge >= 0.3 is 14.5 Å². The Balaban J connectivity index is 3.78. The van der Waals surface area contributed by atoms with Gasteiger partial charge in [0, 0.05) is 25.3 Å². The smallest absolute Gasteiger partial charge is 0.334 e. The highest BCUT2D eigenvalue weighted by atomic mass is 28.4. The molecule has 0 fully saturated rings. The van der Waals surface area contributed by atoms with E-state index in [1.54, 1.807) is 6.92 Å². The fraction of sp³-hybridized carbons (Fsp3) is 0.800. The first kappa shape index (κ1) is 21.3. The first-order chi connectivity index (χ1) is 10.3. The molecule has 2 N–H and O–H groups in total. The third kappa shape index (κ3) is 10.1. The maximum atomic E-state index is 11.2. The molecule has 1 atom stereocenters. The number of esters is 1. The largest absolute Gasteiger partial charge is 0.460 e. The zero-order valence-corrected chi connectivity index (χ0v) is 15.3. The van der Waals surface area contributed by atoms with E-state index in [1.807, 2.05) is 13.8 Å². The molecule has 0 amide bonds. The first-order valence-electron chi connectivity index (χ1n) is 7.84. The van der Waals surface area contributed by atoms with Crippen LogP contribution in [0.1, 0.15) is 27.2 Å². The third-order valence-corrected chi connectivity index (χ3v) is 6.08. The van der Waals surface area contributed by atoms with Crippen LogP contribution < -0.4 is 5.32 Å². The summed E-state index contributed by atoms with van der Waals surface area (Å²) in [5, 5.41) is 12.8. The highest BCUT2D eigenvalue weighted by Gasteiger charge is 2.29. The Kier molecular flexibility index (Phi) is 11.4. The van der Waals surface area contributed by atoms with E-state index in [9.17, 15) is 9.90 Å². The number of nitrogens with one attached hydrogen (secondary N) is 1. The lowest BCUT2D eigenvalue weighted by Gasteiger charge is -2.26. The standard InChI is InChI=1S/C15H31NO5Si/c1-6-20-22(5,21-7-2)10-8-9-16-11-14(17)12-19-15(18)13(3)4/h14,16-17H,3,6-12H2,1-2,4-5H3. The Labute approximate surface area is 135 Å². The summed E-state index contributed by atoms with van der Waals surface area (Å²) in [5.41, 5.74) is 0.330. The summed E-state index contributed by atoms with van der Waals surface area (Å²) in [6, 6.07) is 0.905. The number of carbonyl (C=O) groups is 1. The number of carbonyl (C=O) groups excluding carboxylic acids is 1. The van der Waals surface area contributed by atoms with Gasteiger partial charge in [0.1, 0.15) is 12.7 Å². The Hall–Kier alpha value is -0.733. The Morgan fingerprint density at radius 2 is 1.91 bits per heavy atom. The predicted octanol–water partition coefficient (Wildman–Crippen LogP) is 1.59.